The number of hydrogen-bond acceptors (Lipinski definition) is 6. The summed E-state index contributed by atoms with van der Waals surface area (Å²) in [4.78, 5) is 28.0. The SMILES string of the molecule is NC(=O)COc1cccc(COC(=O)CSc2nc3cc(Cl)ccc3n2Cc2ccccc2)c1. The molecule has 1 heterocycles. The van der Waals surface area contributed by atoms with Crippen LogP contribution in [-0.2, 0) is 27.5 Å². The third-order valence-electron chi connectivity index (χ3n) is 4.86. The van der Waals surface area contributed by atoms with Crippen molar-refractivity contribution >= 4 is 46.3 Å². The van der Waals surface area contributed by atoms with Gasteiger partial charge in [-0.05, 0) is 41.5 Å². The second-order valence-corrected chi connectivity index (χ2v) is 8.83. The van der Waals surface area contributed by atoms with Gasteiger partial charge in [0.25, 0.3) is 5.91 Å². The Kier molecular flexibility index (Phi) is 7.72. The van der Waals surface area contributed by atoms with Crippen LogP contribution >= 0.6 is 23.4 Å². The molecule has 4 rings (SSSR count). The quantitative estimate of drug-likeness (QED) is 0.258. The molecule has 0 saturated heterocycles. The van der Waals surface area contributed by atoms with E-state index in [9.17, 15) is 9.59 Å². The summed E-state index contributed by atoms with van der Waals surface area (Å²) in [6.07, 6.45) is 0. The lowest BCUT2D eigenvalue weighted by molar-refractivity contribution is -0.141. The molecule has 1 aromatic heterocycles. The highest BCUT2D eigenvalue weighted by molar-refractivity contribution is 7.99. The number of rotatable bonds is 10. The highest BCUT2D eigenvalue weighted by Crippen LogP contribution is 2.27. The maximum absolute atomic E-state index is 12.4. The third kappa shape index (κ3) is 6.30. The number of ether oxygens (including phenoxy) is 2. The predicted molar refractivity (Wildman–Crippen MR) is 132 cm³/mol. The highest BCUT2D eigenvalue weighted by Gasteiger charge is 2.15. The molecule has 0 aliphatic heterocycles. The van der Waals surface area contributed by atoms with Crippen LogP contribution in [0.5, 0.6) is 5.75 Å². The predicted octanol–water partition coefficient (Wildman–Crippen LogP) is 4.44. The summed E-state index contributed by atoms with van der Waals surface area (Å²) in [5, 5.41) is 1.31. The van der Waals surface area contributed by atoms with Crippen molar-refractivity contribution in [1.29, 1.82) is 0 Å². The minimum atomic E-state index is -0.561. The lowest BCUT2D eigenvalue weighted by Crippen LogP contribution is -2.20. The van der Waals surface area contributed by atoms with Crippen LogP contribution in [0.3, 0.4) is 0 Å². The third-order valence-corrected chi connectivity index (χ3v) is 6.04. The summed E-state index contributed by atoms with van der Waals surface area (Å²) in [5.41, 5.74) is 8.67. The van der Waals surface area contributed by atoms with Gasteiger partial charge in [-0.2, -0.15) is 0 Å². The van der Waals surface area contributed by atoms with Gasteiger partial charge in [-0.15, -0.1) is 0 Å². The van der Waals surface area contributed by atoms with Crippen molar-refractivity contribution in [3.63, 3.8) is 0 Å². The zero-order chi connectivity index (χ0) is 23.9. The minimum Gasteiger partial charge on any atom is -0.484 e. The number of thioether (sulfide) groups is 1. The molecule has 0 atom stereocenters. The van der Waals surface area contributed by atoms with Gasteiger partial charge in [0.2, 0.25) is 0 Å². The first-order valence-electron chi connectivity index (χ1n) is 10.5. The van der Waals surface area contributed by atoms with E-state index < -0.39 is 5.91 Å². The molecule has 34 heavy (non-hydrogen) atoms. The summed E-state index contributed by atoms with van der Waals surface area (Å²) >= 11 is 7.47. The number of carbonyl (C=O) groups is 2. The number of nitrogens with two attached hydrogens (primary N) is 1. The van der Waals surface area contributed by atoms with E-state index in [-0.39, 0.29) is 24.9 Å². The Morgan fingerprint density at radius 2 is 1.79 bits per heavy atom. The largest absolute Gasteiger partial charge is 0.484 e. The molecule has 0 aliphatic rings. The van der Waals surface area contributed by atoms with Crippen LogP contribution in [0.2, 0.25) is 5.02 Å². The van der Waals surface area contributed by atoms with E-state index >= 15 is 0 Å². The Bertz CT molecular complexity index is 1310. The summed E-state index contributed by atoms with van der Waals surface area (Å²) in [6.45, 7) is 0.493. The van der Waals surface area contributed by atoms with Gasteiger partial charge < -0.3 is 19.8 Å². The maximum Gasteiger partial charge on any atom is 0.316 e. The number of fused-ring (bicyclic) bond motifs is 1. The molecule has 0 radical (unpaired) electrons. The number of esters is 1. The van der Waals surface area contributed by atoms with Crippen molar-refractivity contribution in [3.05, 3.63) is 88.9 Å². The monoisotopic (exact) mass is 495 g/mol. The molecular formula is C25H22ClN3O4S. The maximum atomic E-state index is 12.4. The van der Waals surface area contributed by atoms with E-state index in [4.69, 9.17) is 26.8 Å². The van der Waals surface area contributed by atoms with Gasteiger partial charge in [0.1, 0.15) is 12.4 Å². The first-order valence-corrected chi connectivity index (χ1v) is 11.8. The fraction of sp³-hybridized carbons (Fsp3) is 0.160. The normalized spacial score (nSPS) is 10.9. The fourth-order valence-electron chi connectivity index (χ4n) is 3.32. The topological polar surface area (TPSA) is 96.4 Å². The molecule has 0 aliphatic carbocycles. The van der Waals surface area contributed by atoms with Crippen molar-refractivity contribution in [2.45, 2.75) is 18.3 Å². The van der Waals surface area contributed by atoms with Crippen LogP contribution in [0.15, 0.2) is 78.0 Å². The van der Waals surface area contributed by atoms with E-state index in [0.29, 0.717) is 22.5 Å². The lowest BCUT2D eigenvalue weighted by atomic mass is 10.2. The summed E-state index contributed by atoms with van der Waals surface area (Å²) in [6, 6.07) is 22.6. The molecule has 174 valence electrons. The molecule has 1 amide bonds. The van der Waals surface area contributed by atoms with Gasteiger partial charge in [0.15, 0.2) is 11.8 Å². The number of halogens is 1. The number of amides is 1. The number of benzene rings is 3. The van der Waals surface area contributed by atoms with Gasteiger partial charge >= 0.3 is 5.97 Å². The average molecular weight is 496 g/mol. The first-order chi connectivity index (χ1) is 16.5. The smallest absolute Gasteiger partial charge is 0.316 e. The average Bonchev–Trinajstić information content (AvgIpc) is 3.17. The Labute approximate surface area is 205 Å². The molecule has 0 spiro atoms. The van der Waals surface area contributed by atoms with Crippen molar-refractivity contribution < 1.29 is 19.1 Å². The first kappa shape index (κ1) is 23.7. The molecular weight excluding hydrogens is 474 g/mol. The number of aromatic nitrogens is 2. The molecule has 0 saturated carbocycles. The second-order valence-electron chi connectivity index (χ2n) is 7.45. The van der Waals surface area contributed by atoms with Crippen molar-refractivity contribution in [1.82, 2.24) is 9.55 Å². The van der Waals surface area contributed by atoms with Crippen molar-refractivity contribution in [3.8, 4) is 5.75 Å². The number of hydrogen-bond donors (Lipinski definition) is 1. The van der Waals surface area contributed by atoms with Crippen LogP contribution in [0.4, 0.5) is 0 Å². The van der Waals surface area contributed by atoms with Crippen LogP contribution < -0.4 is 10.5 Å². The van der Waals surface area contributed by atoms with Crippen molar-refractivity contribution in [2.24, 2.45) is 5.73 Å². The van der Waals surface area contributed by atoms with Crippen molar-refractivity contribution in [2.75, 3.05) is 12.4 Å². The Hall–Kier alpha value is -3.49. The lowest BCUT2D eigenvalue weighted by Gasteiger charge is -2.10. The number of nitrogens with zero attached hydrogens (tertiary/aromatic N) is 2. The molecule has 2 N–H and O–H groups in total. The van der Waals surface area contributed by atoms with E-state index in [1.54, 1.807) is 24.3 Å². The molecule has 9 heteroatoms. The van der Waals surface area contributed by atoms with E-state index in [0.717, 1.165) is 22.2 Å². The Morgan fingerprint density at radius 3 is 2.59 bits per heavy atom. The fourth-order valence-corrected chi connectivity index (χ4v) is 4.30. The molecule has 0 unspecified atom stereocenters. The number of imidazole rings is 1. The molecule has 0 fully saturated rings. The van der Waals surface area contributed by atoms with Crippen LogP contribution in [0, 0.1) is 0 Å². The van der Waals surface area contributed by atoms with E-state index in [1.165, 1.54) is 11.8 Å². The van der Waals surface area contributed by atoms with Crippen LogP contribution in [0.1, 0.15) is 11.1 Å². The van der Waals surface area contributed by atoms with Gasteiger partial charge in [-0.1, -0.05) is 65.8 Å². The van der Waals surface area contributed by atoms with Gasteiger partial charge in [-0.3, -0.25) is 9.59 Å². The molecule has 4 aromatic rings. The van der Waals surface area contributed by atoms with Crippen LogP contribution in [-0.4, -0.2) is 33.8 Å². The van der Waals surface area contributed by atoms with E-state index in [2.05, 4.69) is 9.55 Å². The molecule has 3 aromatic carbocycles. The zero-order valence-corrected chi connectivity index (χ0v) is 19.7. The standard InChI is InChI=1S/C25H22ClN3O4S/c26-19-9-10-22-21(12-19)28-25(29(22)13-17-5-2-1-3-6-17)34-16-24(31)33-14-18-7-4-8-20(11-18)32-15-23(27)30/h1-12H,13-16H2,(H2,27,30). The highest BCUT2D eigenvalue weighted by atomic mass is 35.5. The number of carbonyl (C=O) groups excluding carboxylic acids is 2. The van der Waals surface area contributed by atoms with Gasteiger partial charge in [0, 0.05) is 5.02 Å². The van der Waals surface area contributed by atoms with Crippen LogP contribution in [0.25, 0.3) is 11.0 Å². The second kappa shape index (κ2) is 11.1. The molecule has 7 nitrogen and oxygen atoms in total. The summed E-state index contributed by atoms with van der Waals surface area (Å²) < 4.78 is 12.8. The zero-order valence-electron chi connectivity index (χ0n) is 18.1. The Morgan fingerprint density at radius 1 is 1.00 bits per heavy atom. The van der Waals surface area contributed by atoms with Gasteiger partial charge in [-0.25, -0.2) is 4.98 Å². The minimum absolute atomic E-state index is 0.0865. The summed E-state index contributed by atoms with van der Waals surface area (Å²) in [5.74, 6) is -0.349. The van der Waals surface area contributed by atoms with Gasteiger partial charge in [0.05, 0.1) is 23.3 Å². The Balaban J connectivity index is 1.41. The molecule has 0 bridgehead atoms. The summed E-state index contributed by atoms with van der Waals surface area (Å²) in [7, 11) is 0. The van der Waals surface area contributed by atoms with E-state index in [1.807, 2.05) is 48.5 Å². The number of primary amides is 1.